The normalized spacial score (nSPS) is 23.8. The molecule has 0 aromatic carbocycles. The third-order valence-electron chi connectivity index (χ3n) is 4.83. The lowest BCUT2D eigenvalue weighted by molar-refractivity contribution is -0.133. The lowest BCUT2D eigenvalue weighted by Crippen LogP contribution is -2.45. The fourth-order valence-electron chi connectivity index (χ4n) is 3.64. The van der Waals surface area contributed by atoms with Crippen molar-refractivity contribution in [1.82, 2.24) is 20.2 Å². The fourth-order valence-corrected chi connectivity index (χ4v) is 3.64. The molecule has 1 aromatic rings. The molecule has 3 rings (SSSR count). The Bertz CT molecular complexity index is 580. The van der Waals surface area contributed by atoms with Crippen LogP contribution >= 0.6 is 0 Å². The molecule has 2 atom stereocenters. The quantitative estimate of drug-likeness (QED) is 0.835. The van der Waals surface area contributed by atoms with Crippen LogP contribution < -0.4 is 10.2 Å². The number of nitrogens with one attached hydrogen (secondary N) is 1. The molecule has 24 heavy (non-hydrogen) atoms. The predicted octanol–water partition coefficient (Wildman–Crippen LogP) is 0.820. The summed E-state index contributed by atoms with van der Waals surface area (Å²) in [6.45, 7) is 4.65. The Kier molecular flexibility index (Phi) is 5.27. The number of aromatic nitrogens is 2. The standard InChI is InChI=1S/C17H25N5O2/c1-2-4-13-10-22(15-9-18-6-7-19-15)11-14(13)20-16(23)12-21-8-3-5-17(21)24/h6-7,9,13-14H,2-5,8,10-12H2,1H3,(H,20,23)/t13-,14-/m1/s1. The maximum Gasteiger partial charge on any atom is 0.239 e. The van der Waals surface area contributed by atoms with Crippen LogP contribution in [-0.2, 0) is 9.59 Å². The van der Waals surface area contributed by atoms with Gasteiger partial charge in [-0.25, -0.2) is 4.98 Å². The van der Waals surface area contributed by atoms with E-state index in [-0.39, 0.29) is 24.4 Å². The average Bonchev–Trinajstić information content (AvgIpc) is 3.16. The molecule has 2 amide bonds. The summed E-state index contributed by atoms with van der Waals surface area (Å²) in [7, 11) is 0. The molecule has 0 unspecified atom stereocenters. The van der Waals surface area contributed by atoms with Crippen LogP contribution in [0.1, 0.15) is 32.6 Å². The summed E-state index contributed by atoms with van der Waals surface area (Å²) in [6, 6.07) is 0.0946. The smallest absolute Gasteiger partial charge is 0.239 e. The van der Waals surface area contributed by atoms with E-state index in [2.05, 4.69) is 27.1 Å². The molecule has 1 aromatic heterocycles. The molecule has 0 bridgehead atoms. The predicted molar refractivity (Wildman–Crippen MR) is 90.4 cm³/mol. The van der Waals surface area contributed by atoms with E-state index < -0.39 is 0 Å². The number of nitrogens with zero attached hydrogens (tertiary/aromatic N) is 4. The van der Waals surface area contributed by atoms with E-state index in [1.165, 1.54) is 0 Å². The van der Waals surface area contributed by atoms with Crippen molar-refractivity contribution in [2.24, 2.45) is 5.92 Å². The zero-order chi connectivity index (χ0) is 16.9. The molecule has 2 aliphatic heterocycles. The Balaban J connectivity index is 1.60. The number of hydrogen-bond donors (Lipinski definition) is 1. The van der Waals surface area contributed by atoms with E-state index in [9.17, 15) is 9.59 Å². The van der Waals surface area contributed by atoms with E-state index >= 15 is 0 Å². The molecular formula is C17H25N5O2. The second-order valence-corrected chi connectivity index (χ2v) is 6.61. The van der Waals surface area contributed by atoms with Crippen molar-refractivity contribution in [3.8, 4) is 0 Å². The van der Waals surface area contributed by atoms with Gasteiger partial charge in [-0.2, -0.15) is 0 Å². The monoisotopic (exact) mass is 331 g/mol. The lowest BCUT2D eigenvalue weighted by Gasteiger charge is -2.21. The van der Waals surface area contributed by atoms with Crippen molar-refractivity contribution >= 4 is 17.6 Å². The van der Waals surface area contributed by atoms with E-state index in [0.29, 0.717) is 18.9 Å². The van der Waals surface area contributed by atoms with Crippen LogP contribution in [-0.4, -0.2) is 58.9 Å². The van der Waals surface area contributed by atoms with Crippen molar-refractivity contribution in [2.45, 2.75) is 38.6 Å². The van der Waals surface area contributed by atoms with Crippen LogP contribution in [0.15, 0.2) is 18.6 Å². The van der Waals surface area contributed by atoms with E-state index in [1.54, 1.807) is 23.5 Å². The molecule has 0 saturated carbocycles. The largest absolute Gasteiger partial charge is 0.353 e. The first-order valence-electron chi connectivity index (χ1n) is 8.75. The van der Waals surface area contributed by atoms with Gasteiger partial charge in [-0.15, -0.1) is 0 Å². The van der Waals surface area contributed by atoms with Gasteiger partial charge in [-0.3, -0.25) is 14.6 Å². The van der Waals surface area contributed by atoms with Crippen molar-refractivity contribution in [1.29, 1.82) is 0 Å². The van der Waals surface area contributed by atoms with Gasteiger partial charge in [0.05, 0.1) is 18.8 Å². The van der Waals surface area contributed by atoms with Crippen LogP contribution in [0.4, 0.5) is 5.82 Å². The SMILES string of the molecule is CCC[C@@H]1CN(c2cnccn2)C[C@H]1NC(=O)CN1CCCC1=O. The Morgan fingerprint density at radius 2 is 2.25 bits per heavy atom. The number of carbonyl (C=O) groups excluding carboxylic acids is 2. The first-order chi connectivity index (χ1) is 11.7. The molecule has 7 nitrogen and oxygen atoms in total. The first kappa shape index (κ1) is 16.7. The number of likely N-dealkylation sites (tertiary alicyclic amines) is 1. The molecule has 0 radical (unpaired) electrons. The minimum absolute atomic E-state index is 0.0580. The van der Waals surface area contributed by atoms with Crippen LogP contribution in [0, 0.1) is 5.92 Å². The van der Waals surface area contributed by atoms with Gasteiger partial charge in [0, 0.05) is 38.4 Å². The van der Waals surface area contributed by atoms with E-state index in [1.807, 2.05) is 0 Å². The van der Waals surface area contributed by atoms with Gasteiger partial charge in [0.25, 0.3) is 0 Å². The molecule has 2 aliphatic rings. The summed E-state index contributed by atoms with van der Waals surface area (Å²) in [5.74, 6) is 1.28. The Morgan fingerprint density at radius 1 is 1.38 bits per heavy atom. The molecular weight excluding hydrogens is 306 g/mol. The Hall–Kier alpha value is -2.18. The summed E-state index contributed by atoms with van der Waals surface area (Å²) in [6.07, 6.45) is 8.67. The number of hydrogen-bond acceptors (Lipinski definition) is 5. The van der Waals surface area contributed by atoms with Gasteiger partial charge in [-0.05, 0) is 18.8 Å². The number of amides is 2. The highest BCUT2D eigenvalue weighted by Crippen LogP contribution is 2.25. The minimum atomic E-state index is -0.0580. The summed E-state index contributed by atoms with van der Waals surface area (Å²) in [5.41, 5.74) is 0. The molecule has 2 saturated heterocycles. The van der Waals surface area contributed by atoms with Crippen LogP contribution in [0.25, 0.3) is 0 Å². The maximum absolute atomic E-state index is 12.3. The topological polar surface area (TPSA) is 78.4 Å². The minimum Gasteiger partial charge on any atom is -0.353 e. The zero-order valence-electron chi connectivity index (χ0n) is 14.1. The highest BCUT2D eigenvalue weighted by molar-refractivity contribution is 5.86. The van der Waals surface area contributed by atoms with Crippen molar-refractivity contribution in [2.75, 3.05) is 31.1 Å². The molecule has 0 aliphatic carbocycles. The van der Waals surface area contributed by atoms with Gasteiger partial charge < -0.3 is 15.1 Å². The fraction of sp³-hybridized carbons (Fsp3) is 0.647. The van der Waals surface area contributed by atoms with E-state index in [4.69, 9.17) is 0 Å². The van der Waals surface area contributed by atoms with Gasteiger partial charge in [-0.1, -0.05) is 13.3 Å². The summed E-state index contributed by atoms with van der Waals surface area (Å²) >= 11 is 0. The van der Waals surface area contributed by atoms with Crippen molar-refractivity contribution in [3.63, 3.8) is 0 Å². The zero-order valence-corrected chi connectivity index (χ0v) is 14.1. The third-order valence-corrected chi connectivity index (χ3v) is 4.83. The summed E-state index contributed by atoms with van der Waals surface area (Å²) in [4.78, 5) is 36.3. The highest BCUT2D eigenvalue weighted by Gasteiger charge is 2.34. The number of anilines is 1. The third kappa shape index (κ3) is 3.83. The van der Waals surface area contributed by atoms with Gasteiger partial charge in [0.2, 0.25) is 11.8 Å². The maximum atomic E-state index is 12.3. The van der Waals surface area contributed by atoms with Gasteiger partial charge in [0.1, 0.15) is 5.82 Å². The van der Waals surface area contributed by atoms with Crippen LogP contribution in [0.3, 0.4) is 0 Å². The lowest BCUT2D eigenvalue weighted by atomic mass is 9.98. The summed E-state index contributed by atoms with van der Waals surface area (Å²) < 4.78 is 0. The highest BCUT2D eigenvalue weighted by atomic mass is 16.2. The molecule has 0 spiro atoms. The molecule has 1 N–H and O–H groups in total. The molecule has 7 heteroatoms. The molecule has 130 valence electrons. The number of carbonyl (C=O) groups is 2. The van der Waals surface area contributed by atoms with Gasteiger partial charge >= 0.3 is 0 Å². The second kappa shape index (κ2) is 7.59. The Morgan fingerprint density at radius 3 is 2.92 bits per heavy atom. The second-order valence-electron chi connectivity index (χ2n) is 6.61. The number of rotatable bonds is 6. The summed E-state index contributed by atoms with van der Waals surface area (Å²) in [5, 5.41) is 3.14. The average molecular weight is 331 g/mol. The van der Waals surface area contributed by atoms with Gasteiger partial charge in [0.15, 0.2) is 0 Å². The Labute approximate surface area is 142 Å². The van der Waals surface area contributed by atoms with Crippen molar-refractivity contribution < 1.29 is 9.59 Å². The first-order valence-corrected chi connectivity index (χ1v) is 8.75. The van der Waals surface area contributed by atoms with Crippen molar-refractivity contribution in [3.05, 3.63) is 18.6 Å². The van der Waals surface area contributed by atoms with Crippen LogP contribution in [0.5, 0.6) is 0 Å². The molecule has 2 fully saturated rings. The van der Waals surface area contributed by atoms with Crippen LogP contribution in [0.2, 0.25) is 0 Å². The van der Waals surface area contributed by atoms with E-state index in [0.717, 1.165) is 38.2 Å². The molecule has 3 heterocycles.